The van der Waals surface area contributed by atoms with Gasteiger partial charge in [-0.25, -0.2) is 9.78 Å². The van der Waals surface area contributed by atoms with Crippen molar-refractivity contribution in [2.45, 2.75) is 13.0 Å². The van der Waals surface area contributed by atoms with E-state index in [4.69, 9.17) is 9.47 Å². The van der Waals surface area contributed by atoms with Gasteiger partial charge in [0.2, 0.25) is 5.91 Å². The molecule has 0 bridgehead atoms. The van der Waals surface area contributed by atoms with Crippen molar-refractivity contribution in [1.29, 1.82) is 0 Å². The first kappa shape index (κ1) is 27.3. The maximum atomic E-state index is 12.9. The fourth-order valence-corrected chi connectivity index (χ4v) is 5.56. The van der Waals surface area contributed by atoms with Crippen LogP contribution in [0.1, 0.15) is 12.0 Å². The maximum Gasteiger partial charge on any atom is 0.328 e. The monoisotopic (exact) mass is 568 g/mol. The van der Waals surface area contributed by atoms with Gasteiger partial charge in [-0.3, -0.25) is 24.7 Å². The fraction of sp³-hybridized carbons (Fsp3) is 0.290. The summed E-state index contributed by atoms with van der Waals surface area (Å²) in [6.45, 7) is 4.54. The second-order valence-corrected chi connectivity index (χ2v) is 10.3. The summed E-state index contributed by atoms with van der Waals surface area (Å²) in [5, 5.41) is 2.80. The molecule has 2 fully saturated rings. The number of anilines is 2. The molecule has 0 saturated carbocycles. The molecule has 3 heterocycles. The second kappa shape index (κ2) is 11.5. The molecule has 2 aliphatic heterocycles. The van der Waals surface area contributed by atoms with Crippen LogP contribution >= 0.6 is 0 Å². The van der Waals surface area contributed by atoms with Gasteiger partial charge >= 0.3 is 6.03 Å². The van der Waals surface area contributed by atoms with Crippen LogP contribution in [0.15, 0.2) is 65.5 Å². The van der Waals surface area contributed by atoms with Crippen molar-refractivity contribution in [2.24, 2.45) is 0 Å². The first-order valence-corrected chi connectivity index (χ1v) is 13.9. The van der Waals surface area contributed by atoms with E-state index in [1.165, 1.54) is 7.11 Å². The molecule has 3 amide bonds. The van der Waals surface area contributed by atoms with E-state index >= 15 is 0 Å². The Hall–Kier alpha value is -4.90. The maximum absolute atomic E-state index is 12.9. The highest BCUT2D eigenvalue weighted by Crippen LogP contribution is 2.30. The lowest BCUT2D eigenvalue weighted by atomic mass is 10.1. The number of hydrogen-bond acceptors (Lipinski definition) is 8. The number of fused-ring (bicyclic) bond motifs is 1. The summed E-state index contributed by atoms with van der Waals surface area (Å²) in [6.07, 6.45) is 0.300. The highest BCUT2D eigenvalue weighted by molar-refractivity contribution is 6.05. The molecule has 4 aromatic rings. The summed E-state index contributed by atoms with van der Waals surface area (Å²) >= 11 is 0. The predicted molar refractivity (Wildman–Crippen MR) is 160 cm³/mol. The number of urea groups is 1. The smallest absolute Gasteiger partial charge is 0.328 e. The minimum absolute atomic E-state index is 0.235. The predicted octanol–water partition coefficient (Wildman–Crippen LogP) is 3.38. The molecule has 1 aromatic heterocycles. The lowest BCUT2D eigenvalue weighted by Gasteiger charge is -2.37. The van der Waals surface area contributed by atoms with Gasteiger partial charge in [0.1, 0.15) is 22.7 Å². The highest BCUT2D eigenvalue weighted by Gasteiger charge is 2.27. The van der Waals surface area contributed by atoms with Gasteiger partial charge in [0.05, 0.1) is 19.7 Å². The molecule has 11 heteroatoms. The van der Waals surface area contributed by atoms with Crippen molar-refractivity contribution in [3.63, 3.8) is 0 Å². The van der Waals surface area contributed by atoms with Gasteiger partial charge in [-0.2, -0.15) is 0 Å². The summed E-state index contributed by atoms with van der Waals surface area (Å²) in [4.78, 5) is 50.9. The molecule has 3 aromatic carbocycles. The van der Waals surface area contributed by atoms with Crippen LogP contribution in [0.2, 0.25) is 0 Å². The molecule has 0 atom stereocenters. The van der Waals surface area contributed by atoms with Gasteiger partial charge in [-0.05, 0) is 35.9 Å². The molecule has 0 radical (unpaired) electrons. The van der Waals surface area contributed by atoms with Crippen LogP contribution < -0.4 is 30.1 Å². The van der Waals surface area contributed by atoms with Crippen LogP contribution in [0, 0.1) is 0 Å². The number of ether oxygens (including phenoxy) is 2. The summed E-state index contributed by atoms with van der Waals surface area (Å²) in [5.74, 6) is 1.22. The molecule has 11 nitrogen and oxygen atoms in total. The van der Waals surface area contributed by atoms with E-state index in [2.05, 4.69) is 25.1 Å². The largest absolute Gasteiger partial charge is 0.497 e. The van der Waals surface area contributed by atoms with Crippen molar-refractivity contribution in [1.82, 2.24) is 20.2 Å². The van der Waals surface area contributed by atoms with Gasteiger partial charge in [-0.1, -0.05) is 18.2 Å². The topological polar surface area (TPSA) is 120 Å². The number of aromatic nitrogens is 2. The van der Waals surface area contributed by atoms with E-state index in [1.54, 1.807) is 24.1 Å². The number of imide groups is 1. The Balaban J connectivity index is 1.13. The third kappa shape index (κ3) is 5.38. The van der Waals surface area contributed by atoms with Crippen molar-refractivity contribution in [3.8, 4) is 22.9 Å². The Morgan fingerprint density at radius 3 is 2.36 bits per heavy atom. The van der Waals surface area contributed by atoms with E-state index in [9.17, 15) is 14.4 Å². The van der Waals surface area contributed by atoms with Crippen LogP contribution in [0.3, 0.4) is 0 Å². The number of carbonyl (C=O) groups excluding carboxylic acids is 2. The van der Waals surface area contributed by atoms with Crippen molar-refractivity contribution < 1.29 is 19.1 Å². The van der Waals surface area contributed by atoms with Gasteiger partial charge < -0.3 is 19.4 Å². The zero-order valence-corrected chi connectivity index (χ0v) is 23.6. The quantitative estimate of drug-likeness (QED) is 0.348. The fourth-order valence-electron chi connectivity index (χ4n) is 5.56. The summed E-state index contributed by atoms with van der Waals surface area (Å²) in [7, 11) is 3.07. The first-order valence-electron chi connectivity index (χ1n) is 13.9. The Morgan fingerprint density at radius 1 is 0.881 bits per heavy atom. The number of nitrogens with one attached hydrogen (secondary N) is 2. The number of piperazine rings is 1. The lowest BCUT2D eigenvalue weighted by Crippen LogP contribution is -2.50. The summed E-state index contributed by atoms with van der Waals surface area (Å²) in [6, 6.07) is 18.9. The molecule has 2 saturated heterocycles. The van der Waals surface area contributed by atoms with Crippen LogP contribution in [0.4, 0.5) is 16.2 Å². The Morgan fingerprint density at radius 2 is 1.64 bits per heavy atom. The van der Waals surface area contributed by atoms with Gasteiger partial charge in [0.25, 0.3) is 5.56 Å². The second-order valence-electron chi connectivity index (χ2n) is 10.3. The molecule has 0 spiro atoms. The highest BCUT2D eigenvalue weighted by atomic mass is 16.5. The molecular formula is C31H32N6O5. The standard InChI is InChI=1S/C31H32N6O5/c1-41-23-17-24-28(26(18-23)42-2)30(39)34-29(32-24)20-7-9-22(10-8-20)36-15-13-35(14-16-36)19-21-5-3-4-6-25(21)37-12-11-27(38)33-31(37)40/h3-10,17-18H,11-16,19H2,1-2H3,(H,32,34,39)(H,33,38,40). The Kier molecular flexibility index (Phi) is 7.49. The summed E-state index contributed by atoms with van der Waals surface area (Å²) in [5.41, 5.74) is 4.04. The number of aromatic amines is 1. The number of hydrogen-bond donors (Lipinski definition) is 2. The van der Waals surface area contributed by atoms with E-state index < -0.39 is 0 Å². The Labute approximate surface area is 242 Å². The molecule has 216 valence electrons. The van der Waals surface area contributed by atoms with Crippen molar-refractivity contribution in [2.75, 3.05) is 56.7 Å². The van der Waals surface area contributed by atoms with Crippen molar-refractivity contribution in [3.05, 3.63) is 76.6 Å². The average Bonchev–Trinajstić information content (AvgIpc) is 3.01. The zero-order valence-electron chi connectivity index (χ0n) is 23.6. The van der Waals surface area contributed by atoms with Crippen LogP contribution in [-0.4, -0.2) is 73.7 Å². The van der Waals surface area contributed by atoms with Gasteiger partial charge in [0.15, 0.2) is 0 Å². The minimum Gasteiger partial charge on any atom is -0.497 e. The van der Waals surface area contributed by atoms with E-state index in [1.807, 2.05) is 48.5 Å². The normalized spacial score (nSPS) is 16.0. The molecule has 42 heavy (non-hydrogen) atoms. The van der Waals surface area contributed by atoms with Gasteiger partial charge in [0, 0.05) is 74.8 Å². The minimum atomic E-state index is -0.366. The van der Waals surface area contributed by atoms with Crippen LogP contribution in [-0.2, 0) is 11.3 Å². The zero-order chi connectivity index (χ0) is 29.2. The number of amides is 3. The van der Waals surface area contributed by atoms with Crippen LogP contribution in [0.5, 0.6) is 11.5 Å². The lowest BCUT2D eigenvalue weighted by molar-refractivity contribution is -0.120. The van der Waals surface area contributed by atoms with Crippen LogP contribution in [0.25, 0.3) is 22.3 Å². The number of para-hydroxylation sites is 1. The van der Waals surface area contributed by atoms with E-state index in [0.29, 0.717) is 41.2 Å². The average molecular weight is 569 g/mol. The third-order valence-corrected chi connectivity index (χ3v) is 7.81. The number of rotatable bonds is 7. The number of carbonyl (C=O) groups is 2. The molecule has 6 rings (SSSR count). The number of H-pyrrole nitrogens is 1. The van der Waals surface area contributed by atoms with E-state index in [-0.39, 0.29) is 17.5 Å². The summed E-state index contributed by atoms with van der Waals surface area (Å²) < 4.78 is 10.7. The van der Waals surface area contributed by atoms with Crippen molar-refractivity contribution >= 4 is 34.2 Å². The molecule has 2 aliphatic rings. The molecular weight excluding hydrogens is 536 g/mol. The number of methoxy groups -OCH3 is 2. The first-order chi connectivity index (χ1) is 20.4. The van der Waals surface area contributed by atoms with E-state index in [0.717, 1.165) is 55.2 Å². The molecule has 2 N–H and O–H groups in total. The third-order valence-electron chi connectivity index (χ3n) is 7.81. The Bertz CT molecular complexity index is 1690. The number of nitrogens with zero attached hydrogens (tertiary/aromatic N) is 4. The molecule has 0 unspecified atom stereocenters. The number of benzene rings is 3. The van der Waals surface area contributed by atoms with Gasteiger partial charge in [-0.15, -0.1) is 0 Å². The SMILES string of the molecule is COc1cc(OC)c2c(=O)[nH]c(-c3ccc(N4CCN(Cc5ccccc5N5CCC(=O)NC5=O)CC4)cc3)nc2c1. The molecule has 0 aliphatic carbocycles.